The van der Waals surface area contributed by atoms with Crippen LogP contribution in [-0.4, -0.2) is 27.2 Å². The van der Waals surface area contributed by atoms with Gasteiger partial charge in [0, 0.05) is 5.56 Å². The summed E-state index contributed by atoms with van der Waals surface area (Å²) in [5.74, 6) is -0.858. The lowest BCUT2D eigenvalue weighted by Gasteiger charge is -2.30. The Hall–Kier alpha value is -2.53. The summed E-state index contributed by atoms with van der Waals surface area (Å²) in [6.07, 6.45) is -2.48. The second-order valence-corrected chi connectivity index (χ2v) is 4.56. The molecular weight excluding hydrogens is 260 g/mol. The van der Waals surface area contributed by atoms with E-state index in [4.69, 9.17) is 4.74 Å². The first-order valence-corrected chi connectivity index (χ1v) is 6.08. The number of Topliss-reactive ketones (excluding diaryl/α,β-unsaturated/α-hetero) is 1. The maximum Gasteiger partial charge on any atom is 0.199 e. The molecule has 0 saturated carbocycles. The molecule has 3 rings (SSSR count). The van der Waals surface area contributed by atoms with Crippen LogP contribution in [0, 0.1) is 0 Å². The molecule has 1 heterocycles. The van der Waals surface area contributed by atoms with Gasteiger partial charge in [0.2, 0.25) is 0 Å². The Morgan fingerprint density at radius 2 is 1.75 bits per heavy atom. The molecule has 0 radical (unpaired) electrons. The van der Waals surface area contributed by atoms with Crippen molar-refractivity contribution in [3.63, 3.8) is 0 Å². The van der Waals surface area contributed by atoms with Crippen LogP contribution in [0.3, 0.4) is 0 Å². The molecule has 2 aromatic carbocycles. The van der Waals surface area contributed by atoms with Crippen LogP contribution < -0.4 is 4.74 Å². The van der Waals surface area contributed by atoms with Crippen molar-refractivity contribution in [3.8, 4) is 17.2 Å². The van der Waals surface area contributed by atoms with Gasteiger partial charge in [-0.25, -0.2) is 0 Å². The van der Waals surface area contributed by atoms with E-state index in [1.54, 1.807) is 24.3 Å². The average Bonchev–Trinajstić information content (AvgIpc) is 2.46. The fraction of sp³-hybridized carbons (Fsp3) is 0.133. The number of aromatic hydroxyl groups is 2. The molecule has 1 aliphatic rings. The lowest BCUT2D eigenvalue weighted by atomic mass is 9.93. The zero-order chi connectivity index (χ0) is 14.3. The molecule has 0 fully saturated rings. The SMILES string of the molecule is O=C1c2ccccc2O[C@H](c2cccc(O)c2O)[C@H]1O. The number of phenolic OH excluding ortho intramolecular Hbond substituents is 2. The Kier molecular flexibility index (Phi) is 2.84. The third-order valence-electron chi connectivity index (χ3n) is 3.31. The molecule has 1 aliphatic heterocycles. The highest BCUT2D eigenvalue weighted by molar-refractivity contribution is 6.03. The van der Waals surface area contributed by atoms with Crippen molar-refractivity contribution in [1.29, 1.82) is 0 Å². The number of ether oxygens (including phenoxy) is 1. The fourth-order valence-corrected chi connectivity index (χ4v) is 2.28. The van der Waals surface area contributed by atoms with Gasteiger partial charge in [-0.15, -0.1) is 0 Å². The number of hydrogen-bond acceptors (Lipinski definition) is 5. The maximum atomic E-state index is 12.1. The van der Waals surface area contributed by atoms with Gasteiger partial charge in [0.1, 0.15) is 5.75 Å². The maximum absolute atomic E-state index is 12.1. The van der Waals surface area contributed by atoms with E-state index in [0.29, 0.717) is 11.3 Å². The molecule has 0 amide bonds. The summed E-state index contributed by atoms with van der Waals surface area (Å²) in [7, 11) is 0. The van der Waals surface area contributed by atoms with Gasteiger partial charge in [-0.3, -0.25) is 4.79 Å². The molecule has 2 atom stereocenters. The number of benzene rings is 2. The number of para-hydroxylation sites is 2. The minimum atomic E-state index is -1.43. The van der Waals surface area contributed by atoms with Crippen LogP contribution >= 0.6 is 0 Å². The number of hydrogen-bond donors (Lipinski definition) is 3. The first kappa shape index (κ1) is 12.5. The molecule has 0 spiro atoms. The lowest BCUT2D eigenvalue weighted by Crippen LogP contribution is -2.36. The standard InChI is InChI=1S/C15H12O5/c16-10-6-3-5-9(12(10)17)15-14(19)13(18)8-4-1-2-7-11(8)20-15/h1-7,14-17,19H/t14-,15+/m0/s1. The van der Waals surface area contributed by atoms with E-state index >= 15 is 0 Å². The van der Waals surface area contributed by atoms with Crippen molar-refractivity contribution >= 4 is 5.78 Å². The molecule has 102 valence electrons. The Balaban J connectivity index is 2.08. The predicted octanol–water partition coefficient (Wildman–Crippen LogP) is 1.78. The Morgan fingerprint density at radius 1 is 1.00 bits per heavy atom. The number of ketones is 1. The van der Waals surface area contributed by atoms with Gasteiger partial charge >= 0.3 is 0 Å². The number of carbonyl (C=O) groups excluding carboxylic acids is 1. The number of fused-ring (bicyclic) bond motifs is 1. The van der Waals surface area contributed by atoms with Gasteiger partial charge in [-0.05, 0) is 18.2 Å². The van der Waals surface area contributed by atoms with Crippen LogP contribution in [0.5, 0.6) is 17.2 Å². The van der Waals surface area contributed by atoms with Gasteiger partial charge in [0.25, 0.3) is 0 Å². The van der Waals surface area contributed by atoms with E-state index in [1.807, 2.05) is 0 Å². The van der Waals surface area contributed by atoms with E-state index in [2.05, 4.69) is 0 Å². The van der Waals surface area contributed by atoms with Crippen molar-refractivity contribution in [2.45, 2.75) is 12.2 Å². The number of phenols is 2. The third-order valence-corrected chi connectivity index (χ3v) is 3.31. The average molecular weight is 272 g/mol. The highest BCUT2D eigenvalue weighted by Crippen LogP contribution is 2.40. The molecule has 20 heavy (non-hydrogen) atoms. The second-order valence-electron chi connectivity index (χ2n) is 4.56. The summed E-state index contributed by atoms with van der Waals surface area (Å²) in [4.78, 5) is 12.1. The lowest BCUT2D eigenvalue weighted by molar-refractivity contribution is 0.0208. The van der Waals surface area contributed by atoms with Gasteiger partial charge in [-0.1, -0.05) is 24.3 Å². The molecular formula is C15H12O5. The largest absolute Gasteiger partial charge is 0.504 e. The molecule has 2 aromatic rings. The topological polar surface area (TPSA) is 87.0 Å². The Bertz CT molecular complexity index is 680. The first-order valence-electron chi connectivity index (χ1n) is 6.08. The van der Waals surface area contributed by atoms with Crippen molar-refractivity contribution in [1.82, 2.24) is 0 Å². The monoisotopic (exact) mass is 272 g/mol. The van der Waals surface area contributed by atoms with Crippen molar-refractivity contribution in [3.05, 3.63) is 53.6 Å². The van der Waals surface area contributed by atoms with E-state index < -0.39 is 23.7 Å². The number of carbonyl (C=O) groups is 1. The highest BCUT2D eigenvalue weighted by atomic mass is 16.5. The van der Waals surface area contributed by atoms with Gasteiger partial charge < -0.3 is 20.1 Å². The summed E-state index contributed by atoms with van der Waals surface area (Å²) >= 11 is 0. The zero-order valence-electron chi connectivity index (χ0n) is 10.4. The van der Waals surface area contributed by atoms with Crippen LogP contribution in [0.25, 0.3) is 0 Å². The smallest absolute Gasteiger partial charge is 0.199 e. The highest BCUT2D eigenvalue weighted by Gasteiger charge is 2.38. The van der Waals surface area contributed by atoms with Gasteiger partial charge in [-0.2, -0.15) is 0 Å². The first-order chi connectivity index (χ1) is 9.59. The quantitative estimate of drug-likeness (QED) is 0.689. The van der Waals surface area contributed by atoms with Crippen molar-refractivity contribution in [2.75, 3.05) is 0 Å². The number of rotatable bonds is 1. The summed E-state index contributed by atoms with van der Waals surface area (Å²) in [5.41, 5.74) is 0.469. The van der Waals surface area contributed by atoms with E-state index in [-0.39, 0.29) is 11.3 Å². The number of aliphatic hydroxyl groups excluding tert-OH is 1. The second kappa shape index (κ2) is 4.54. The molecule has 0 aromatic heterocycles. The zero-order valence-corrected chi connectivity index (χ0v) is 10.4. The summed E-state index contributed by atoms with van der Waals surface area (Å²) < 4.78 is 5.59. The molecule has 5 nitrogen and oxygen atoms in total. The summed E-state index contributed by atoms with van der Waals surface area (Å²) in [6, 6.07) is 10.9. The van der Waals surface area contributed by atoms with E-state index in [0.717, 1.165) is 0 Å². The molecule has 0 aliphatic carbocycles. The van der Waals surface area contributed by atoms with Gasteiger partial charge in [0.05, 0.1) is 5.56 Å². The van der Waals surface area contributed by atoms with Crippen LogP contribution in [0.15, 0.2) is 42.5 Å². The molecule has 3 N–H and O–H groups in total. The minimum Gasteiger partial charge on any atom is -0.504 e. The predicted molar refractivity (Wildman–Crippen MR) is 69.9 cm³/mol. The molecule has 5 heteroatoms. The minimum absolute atomic E-state index is 0.167. The van der Waals surface area contributed by atoms with E-state index in [9.17, 15) is 20.1 Å². The third kappa shape index (κ3) is 1.80. The van der Waals surface area contributed by atoms with Crippen LogP contribution in [-0.2, 0) is 0 Å². The normalized spacial score (nSPS) is 21.1. The van der Waals surface area contributed by atoms with Crippen LogP contribution in [0.4, 0.5) is 0 Å². The van der Waals surface area contributed by atoms with Crippen molar-refractivity contribution in [2.24, 2.45) is 0 Å². The summed E-state index contributed by atoms with van der Waals surface area (Å²) in [5, 5.41) is 29.4. The fourth-order valence-electron chi connectivity index (χ4n) is 2.28. The Morgan fingerprint density at radius 3 is 2.55 bits per heavy atom. The Labute approximate surface area is 114 Å². The number of aliphatic hydroxyl groups is 1. The van der Waals surface area contributed by atoms with Crippen molar-refractivity contribution < 1.29 is 24.9 Å². The van der Waals surface area contributed by atoms with Crippen LogP contribution in [0.1, 0.15) is 22.0 Å². The van der Waals surface area contributed by atoms with Gasteiger partial charge in [0.15, 0.2) is 29.5 Å². The molecule has 0 saturated heterocycles. The van der Waals surface area contributed by atoms with Crippen LogP contribution in [0.2, 0.25) is 0 Å². The summed E-state index contributed by atoms with van der Waals surface area (Å²) in [6.45, 7) is 0. The molecule has 0 bridgehead atoms. The molecule has 0 unspecified atom stereocenters. The van der Waals surface area contributed by atoms with E-state index in [1.165, 1.54) is 18.2 Å².